The van der Waals surface area contributed by atoms with Gasteiger partial charge in [-0.25, -0.2) is 19.2 Å². The highest BCUT2D eigenvalue weighted by Gasteiger charge is 2.53. The van der Waals surface area contributed by atoms with Gasteiger partial charge in [0.2, 0.25) is 0 Å². The normalized spacial score (nSPS) is 23.7. The maximum atomic E-state index is 12.3. The predicted molar refractivity (Wildman–Crippen MR) is 113 cm³/mol. The van der Waals surface area contributed by atoms with E-state index >= 15 is 0 Å². The molecule has 1 rings (SSSR count). The predicted octanol–water partition coefficient (Wildman–Crippen LogP) is -1.22. The molecule has 0 radical (unpaired) electrons. The largest absolute Gasteiger partial charge is 0.461 e. The Kier molecular flexibility index (Phi) is 14.7. The van der Waals surface area contributed by atoms with Crippen molar-refractivity contribution in [2.24, 2.45) is 0 Å². The molecule has 0 bridgehead atoms. The third-order valence-corrected chi connectivity index (χ3v) is 4.23. The summed E-state index contributed by atoms with van der Waals surface area (Å²) < 4.78 is 51.9. The molecule has 1 fully saturated rings. The van der Waals surface area contributed by atoms with Crippen LogP contribution in [0.4, 0.5) is 0 Å². The first kappa shape index (κ1) is 30.4. The van der Waals surface area contributed by atoms with Crippen molar-refractivity contribution in [2.45, 2.75) is 30.7 Å². The average molecular weight is 508 g/mol. The molecule has 200 valence electrons. The fraction of sp³-hybridized carbons (Fsp3) is 0.714. The van der Waals surface area contributed by atoms with Crippen molar-refractivity contribution in [3.63, 3.8) is 0 Å². The summed E-state index contributed by atoms with van der Waals surface area (Å²) >= 11 is 0. The maximum Gasteiger partial charge on any atom is 0.332 e. The number of carbonyl (C=O) groups is 4. The Labute approximate surface area is 202 Å². The molecule has 14 heteroatoms. The van der Waals surface area contributed by atoms with Crippen molar-refractivity contribution in [3.8, 4) is 0 Å². The van der Waals surface area contributed by atoms with E-state index in [1.54, 1.807) is 0 Å². The minimum absolute atomic E-state index is 0.0496. The minimum Gasteiger partial charge on any atom is -0.461 e. The van der Waals surface area contributed by atoms with E-state index in [0.717, 1.165) is 0 Å². The van der Waals surface area contributed by atoms with Crippen molar-refractivity contribution in [3.05, 3.63) is 12.7 Å². The molecule has 0 spiro atoms. The van der Waals surface area contributed by atoms with E-state index in [9.17, 15) is 19.2 Å². The maximum absolute atomic E-state index is 12.3. The standard InChI is InChI=1S/C21H32O14/c1-6-7-30-21-20(35-17(25)12-29-5)19(34-16(24)11-28-4)18(33-15(23)10-27-3)13(32-21)8-31-14(22)9-26-2/h6,13,18-21H,1,7-12H2,2-5H3/t13-,18+,19+,20-,21+/m1/s1. The van der Waals surface area contributed by atoms with Gasteiger partial charge >= 0.3 is 23.9 Å². The van der Waals surface area contributed by atoms with Gasteiger partial charge in [0.05, 0.1) is 6.61 Å². The third-order valence-electron chi connectivity index (χ3n) is 4.23. The molecule has 0 aliphatic carbocycles. The smallest absolute Gasteiger partial charge is 0.332 e. The zero-order valence-corrected chi connectivity index (χ0v) is 20.1. The molecule has 1 saturated heterocycles. The van der Waals surface area contributed by atoms with Gasteiger partial charge in [-0.05, 0) is 0 Å². The number of hydrogen-bond acceptors (Lipinski definition) is 14. The summed E-state index contributed by atoms with van der Waals surface area (Å²) in [6.07, 6.45) is -5.40. The molecule has 14 nitrogen and oxygen atoms in total. The molecule has 0 aromatic carbocycles. The molecular formula is C21H32O14. The van der Waals surface area contributed by atoms with Crippen LogP contribution in [-0.2, 0) is 66.5 Å². The molecule has 0 N–H and O–H groups in total. The Bertz CT molecular complexity index is 696. The molecule has 35 heavy (non-hydrogen) atoms. The Balaban J connectivity index is 3.37. The van der Waals surface area contributed by atoms with Crippen LogP contribution in [0.25, 0.3) is 0 Å². The van der Waals surface area contributed by atoms with E-state index in [2.05, 4.69) is 6.58 Å². The van der Waals surface area contributed by atoms with Crippen LogP contribution in [0.5, 0.6) is 0 Å². The number of methoxy groups -OCH3 is 4. The zero-order valence-electron chi connectivity index (χ0n) is 20.1. The van der Waals surface area contributed by atoms with E-state index in [0.29, 0.717) is 0 Å². The van der Waals surface area contributed by atoms with E-state index in [-0.39, 0.29) is 13.2 Å². The Morgan fingerprint density at radius 2 is 1.17 bits per heavy atom. The van der Waals surface area contributed by atoms with Gasteiger partial charge in [0.25, 0.3) is 0 Å². The number of hydrogen-bond donors (Lipinski definition) is 0. The molecule has 1 aliphatic rings. The molecule has 0 amide bonds. The summed E-state index contributed by atoms with van der Waals surface area (Å²) in [5.41, 5.74) is 0. The Hall–Kier alpha value is -2.62. The molecular weight excluding hydrogens is 476 g/mol. The lowest BCUT2D eigenvalue weighted by Crippen LogP contribution is -2.63. The second kappa shape index (κ2) is 16.9. The number of carbonyl (C=O) groups excluding carboxylic acids is 4. The molecule has 0 aromatic rings. The SMILES string of the molecule is C=CCO[C@H]1O[C@H](COC(=O)COC)[C@H](OC(=O)COC)[C@H](OC(=O)COC)[C@H]1OC(=O)COC. The molecule has 5 atom stereocenters. The quantitative estimate of drug-likeness (QED) is 0.139. The summed E-state index contributed by atoms with van der Waals surface area (Å²) in [5, 5.41) is 0. The minimum atomic E-state index is -1.45. The lowest BCUT2D eigenvalue weighted by Gasteiger charge is -2.44. The Morgan fingerprint density at radius 1 is 0.714 bits per heavy atom. The van der Waals surface area contributed by atoms with E-state index in [1.807, 2.05) is 0 Å². The number of esters is 4. The Morgan fingerprint density at radius 3 is 1.66 bits per heavy atom. The van der Waals surface area contributed by atoms with Gasteiger partial charge < -0.3 is 47.4 Å². The van der Waals surface area contributed by atoms with Crippen LogP contribution in [0.15, 0.2) is 12.7 Å². The van der Waals surface area contributed by atoms with Gasteiger partial charge in [0.15, 0.2) is 24.6 Å². The van der Waals surface area contributed by atoms with Crippen LogP contribution in [0.1, 0.15) is 0 Å². The highest BCUT2D eigenvalue weighted by Crippen LogP contribution is 2.30. The van der Waals surface area contributed by atoms with Crippen molar-refractivity contribution >= 4 is 23.9 Å². The van der Waals surface area contributed by atoms with E-state index in [1.165, 1.54) is 34.5 Å². The second-order valence-corrected chi connectivity index (χ2v) is 6.94. The van der Waals surface area contributed by atoms with E-state index in [4.69, 9.17) is 47.4 Å². The van der Waals surface area contributed by atoms with Crippen LogP contribution >= 0.6 is 0 Å². The molecule has 0 unspecified atom stereocenters. The van der Waals surface area contributed by atoms with Crippen LogP contribution in [0, 0.1) is 0 Å². The van der Waals surface area contributed by atoms with Crippen molar-refractivity contribution in [1.82, 2.24) is 0 Å². The third kappa shape index (κ3) is 10.7. The first-order valence-corrected chi connectivity index (χ1v) is 10.4. The van der Waals surface area contributed by atoms with Crippen LogP contribution in [-0.4, -0.2) is 123 Å². The van der Waals surface area contributed by atoms with E-state index < -0.39 is 81.0 Å². The summed E-state index contributed by atoms with van der Waals surface area (Å²) in [5.74, 6) is -3.29. The molecule has 1 heterocycles. The van der Waals surface area contributed by atoms with Gasteiger partial charge in [-0.2, -0.15) is 0 Å². The fourth-order valence-electron chi connectivity index (χ4n) is 2.96. The average Bonchev–Trinajstić information content (AvgIpc) is 2.80. The topological polar surface area (TPSA) is 161 Å². The summed E-state index contributed by atoms with van der Waals surface area (Å²) in [6.45, 7) is 1.37. The van der Waals surface area contributed by atoms with Gasteiger partial charge in [-0.1, -0.05) is 6.08 Å². The van der Waals surface area contributed by atoms with Crippen LogP contribution in [0.2, 0.25) is 0 Å². The summed E-state index contributed by atoms with van der Waals surface area (Å²) in [6, 6.07) is 0. The van der Waals surface area contributed by atoms with Crippen molar-refractivity contribution in [2.75, 3.05) is 68.1 Å². The van der Waals surface area contributed by atoms with Gasteiger partial charge in [-0.3, -0.25) is 0 Å². The highest BCUT2D eigenvalue weighted by molar-refractivity contribution is 5.73. The number of ether oxygens (including phenoxy) is 10. The fourth-order valence-corrected chi connectivity index (χ4v) is 2.96. The summed E-state index contributed by atoms with van der Waals surface area (Å²) in [7, 11) is 5.12. The first-order valence-electron chi connectivity index (χ1n) is 10.4. The van der Waals surface area contributed by atoms with Gasteiger partial charge in [-0.15, -0.1) is 6.58 Å². The lowest BCUT2D eigenvalue weighted by molar-refractivity contribution is -0.307. The molecule has 0 aromatic heterocycles. The zero-order chi connectivity index (χ0) is 26.2. The van der Waals surface area contributed by atoms with Crippen molar-refractivity contribution in [1.29, 1.82) is 0 Å². The van der Waals surface area contributed by atoms with Crippen molar-refractivity contribution < 1.29 is 66.5 Å². The van der Waals surface area contributed by atoms with Gasteiger partial charge in [0.1, 0.15) is 39.1 Å². The van der Waals surface area contributed by atoms with Crippen LogP contribution < -0.4 is 0 Å². The van der Waals surface area contributed by atoms with Gasteiger partial charge in [0, 0.05) is 28.4 Å². The monoisotopic (exact) mass is 508 g/mol. The first-order chi connectivity index (χ1) is 16.8. The highest BCUT2D eigenvalue weighted by atomic mass is 16.7. The number of rotatable bonds is 16. The summed E-state index contributed by atoms with van der Waals surface area (Å²) in [4.78, 5) is 48.7. The molecule has 0 saturated carbocycles. The molecule has 1 aliphatic heterocycles. The second-order valence-electron chi connectivity index (χ2n) is 6.94. The van der Waals surface area contributed by atoms with Crippen LogP contribution in [0.3, 0.4) is 0 Å². The lowest BCUT2D eigenvalue weighted by atomic mass is 9.98.